The van der Waals surface area contributed by atoms with Gasteiger partial charge in [0.1, 0.15) is 5.60 Å². The molecule has 17 heavy (non-hydrogen) atoms. The van der Waals surface area contributed by atoms with Crippen molar-refractivity contribution >= 4 is 21.8 Å². The van der Waals surface area contributed by atoms with Gasteiger partial charge in [0.15, 0.2) is 0 Å². The van der Waals surface area contributed by atoms with E-state index < -0.39 is 5.60 Å². The van der Waals surface area contributed by atoms with Crippen LogP contribution in [0.3, 0.4) is 0 Å². The predicted molar refractivity (Wildman–Crippen MR) is 71.7 cm³/mol. The summed E-state index contributed by atoms with van der Waals surface area (Å²) in [6.45, 7) is 4.23. The Kier molecular flexibility index (Phi) is 5.15. The summed E-state index contributed by atoms with van der Waals surface area (Å²) in [5, 5.41) is 2.89. The molecule has 0 bridgehead atoms. The molecule has 0 aliphatic rings. The minimum absolute atomic E-state index is 0.0850. The van der Waals surface area contributed by atoms with Gasteiger partial charge in [-0.25, -0.2) is 0 Å². The van der Waals surface area contributed by atoms with E-state index in [1.54, 1.807) is 14.0 Å². The van der Waals surface area contributed by atoms with E-state index in [9.17, 15) is 4.79 Å². The maximum atomic E-state index is 12.0. The van der Waals surface area contributed by atoms with Gasteiger partial charge in [-0.1, -0.05) is 41.1 Å². The van der Waals surface area contributed by atoms with Crippen LogP contribution in [0.25, 0.3) is 0 Å². The summed E-state index contributed by atoms with van der Waals surface area (Å²) in [6, 6.07) is 7.82. The SMILES string of the molecule is CCC(C)(OC)C(=O)NCc1ccccc1Br. The number of benzene rings is 1. The molecular weight excluding hydrogens is 282 g/mol. The molecule has 1 N–H and O–H groups in total. The minimum Gasteiger partial charge on any atom is -0.369 e. The van der Waals surface area contributed by atoms with Crippen molar-refractivity contribution in [2.24, 2.45) is 0 Å². The lowest BCUT2D eigenvalue weighted by Crippen LogP contribution is -2.45. The number of rotatable bonds is 5. The van der Waals surface area contributed by atoms with E-state index in [1.807, 2.05) is 31.2 Å². The van der Waals surface area contributed by atoms with Gasteiger partial charge in [0.05, 0.1) is 0 Å². The van der Waals surface area contributed by atoms with Crippen LogP contribution in [0, 0.1) is 0 Å². The molecule has 1 rings (SSSR count). The van der Waals surface area contributed by atoms with Crippen LogP contribution >= 0.6 is 15.9 Å². The summed E-state index contributed by atoms with van der Waals surface area (Å²) in [5.41, 5.74) is 0.303. The Morgan fingerprint density at radius 3 is 2.65 bits per heavy atom. The summed E-state index contributed by atoms with van der Waals surface area (Å²) >= 11 is 3.45. The molecule has 1 aromatic carbocycles. The van der Waals surface area contributed by atoms with Crippen molar-refractivity contribution in [3.05, 3.63) is 34.3 Å². The highest BCUT2D eigenvalue weighted by molar-refractivity contribution is 9.10. The van der Waals surface area contributed by atoms with Gasteiger partial charge in [-0.2, -0.15) is 0 Å². The largest absolute Gasteiger partial charge is 0.369 e. The number of carbonyl (C=O) groups excluding carboxylic acids is 1. The zero-order chi connectivity index (χ0) is 12.9. The van der Waals surface area contributed by atoms with E-state index in [2.05, 4.69) is 21.2 Å². The maximum absolute atomic E-state index is 12.0. The van der Waals surface area contributed by atoms with Crippen molar-refractivity contribution in [2.45, 2.75) is 32.4 Å². The van der Waals surface area contributed by atoms with Crippen LogP contribution in [0.1, 0.15) is 25.8 Å². The molecule has 1 unspecified atom stereocenters. The van der Waals surface area contributed by atoms with Crippen molar-refractivity contribution < 1.29 is 9.53 Å². The van der Waals surface area contributed by atoms with Crippen molar-refractivity contribution in [1.82, 2.24) is 5.32 Å². The lowest BCUT2D eigenvalue weighted by Gasteiger charge is -2.25. The monoisotopic (exact) mass is 299 g/mol. The molecule has 0 heterocycles. The Bertz CT molecular complexity index is 389. The third-order valence-electron chi connectivity index (χ3n) is 3.00. The molecule has 0 aliphatic heterocycles. The van der Waals surface area contributed by atoms with Gasteiger partial charge in [0, 0.05) is 18.1 Å². The van der Waals surface area contributed by atoms with E-state index in [0.29, 0.717) is 13.0 Å². The molecule has 0 aromatic heterocycles. The number of halogens is 1. The van der Waals surface area contributed by atoms with E-state index in [4.69, 9.17) is 4.74 Å². The van der Waals surface area contributed by atoms with Gasteiger partial charge in [-0.05, 0) is 25.0 Å². The molecule has 1 aromatic rings. The van der Waals surface area contributed by atoms with Crippen LogP contribution in [0.15, 0.2) is 28.7 Å². The fourth-order valence-corrected chi connectivity index (χ4v) is 1.83. The first-order chi connectivity index (χ1) is 8.03. The van der Waals surface area contributed by atoms with E-state index in [0.717, 1.165) is 10.0 Å². The quantitative estimate of drug-likeness (QED) is 0.908. The van der Waals surface area contributed by atoms with Crippen LogP contribution in [0.5, 0.6) is 0 Å². The summed E-state index contributed by atoms with van der Waals surface area (Å²) in [6.07, 6.45) is 0.644. The Morgan fingerprint density at radius 1 is 1.47 bits per heavy atom. The molecule has 0 fully saturated rings. The summed E-state index contributed by atoms with van der Waals surface area (Å²) in [4.78, 5) is 12.0. The molecular formula is C13H18BrNO2. The van der Waals surface area contributed by atoms with Crippen LogP contribution in [-0.4, -0.2) is 18.6 Å². The van der Waals surface area contributed by atoms with E-state index in [-0.39, 0.29) is 5.91 Å². The molecule has 0 aliphatic carbocycles. The highest BCUT2D eigenvalue weighted by Gasteiger charge is 2.30. The average molecular weight is 300 g/mol. The number of nitrogens with one attached hydrogen (secondary N) is 1. The number of methoxy groups -OCH3 is 1. The van der Waals surface area contributed by atoms with Crippen LogP contribution in [-0.2, 0) is 16.1 Å². The van der Waals surface area contributed by atoms with Gasteiger partial charge < -0.3 is 10.1 Å². The fourth-order valence-electron chi connectivity index (χ4n) is 1.40. The molecule has 3 nitrogen and oxygen atoms in total. The zero-order valence-electron chi connectivity index (χ0n) is 10.4. The summed E-state index contributed by atoms with van der Waals surface area (Å²) in [7, 11) is 1.56. The van der Waals surface area contributed by atoms with Crippen LogP contribution in [0.2, 0.25) is 0 Å². The first kappa shape index (κ1) is 14.2. The lowest BCUT2D eigenvalue weighted by molar-refractivity contribution is -0.142. The Hall–Kier alpha value is -0.870. The first-order valence-corrected chi connectivity index (χ1v) is 6.39. The number of carbonyl (C=O) groups is 1. The molecule has 0 spiro atoms. The van der Waals surface area contributed by atoms with E-state index >= 15 is 0 Å². The fraction of sp³-hybridized carbons (Fsp3) is 0.462. The smallest absolute Gasteiger partial charge is 0.252 e. The lowest BCUT2D eigenvalue weighted by atomic mass is 10.0. The highest BCUT2D eigenvalue weighted by atomic mass is 79.9. The van der Waals surface area contributed by atoms with Crippen molar-refractivity contribution in [3.63, 3.8) is 0 Å². The Morgan fingerprint density at radius 2 is 2.12 bits per heavy atom. The van der Waals surface area contributed by atoms with Gasteiger partial charge in [-0.3, -0.25) is 4.79 Å². The predicted octanol–water partition coefficient (Wildman–Crippen LogP) is 2.88. The second kappa shape index (κ2) is 6.17. The minimum atomic E-state index is -0.749. The Labute approximate surface area is 111 Å². The molecule has 94 valence electrons. The zero-order valence-corrected chi connectivity index (χ0v) is 12.0. The first-order valence-electron chi connectivity index (χ1n) is 5.60. The Balaban J connectivity index is 2.63. The van der Waals surface area contributed by atoms with Crippen LogP contribution in [0.4, 0.5) is 0 Å². The third-order valence-corrected chi connectivity index (χ3v) is 3.78. The molecule has 4 heteroatoms. The second-order valence-corrected chi connectivity index (χ2v) is 4.92. The summed E-state index contributed by atoms with van der Waals surface area (Å²) in [5.74, 6) is -0.0850. The van der Waals surface area contributed by atoms with E-state index in [1.165, 1.54) is 0 Å². The number of ether oxygens (including phenoxy) is 1. The molecule has 1 atom stereocenters. The standard InChI is InChI=1S/C13H18BrNO2/c1-4-13(2,17-3)12(16)15-9-10-7-5-6-8-11(10)14/h5-8H,4,9H2,1-3H3,(H,15,16). The summed E-state index contributed by atoms with van der Waals surface area (Å²) < 4.78 is 6.24. The van der Waals surface area contributed by atoms with Crippen molar-refractivity contribution in [1.29, 1.82) is 0 Å². The van der Waals surface area contributed by atoms with Crippen LogP contribution < -0.4 is 5.32 Å². The molecule has 1 amide bonds. The molecule has 0 radical (unpaired) electrons. The second-order valence-electron chi connectivity index (χ2n) is 4.06. The van der Waals surface area contributed by atoms with Gasteiger partial charge in [0.25, 0.3) is 5.91 Å². The van der Waals surface area contributed by atoms with Gasteiger partial charge >= 0.3 is 0 Å². The number of hydrogen-bond acceptors (Lipinski definition) is 2. The average Bonchev–Trinajstić information content (AvgIpc) is 2.36. The third kappa shape index (κ3) is 3.54. The molecule has 0 saturated carbocycles. The van der Waals surface area contributed by atoms with Crippen molar-refractivity contribution in [2.75, 3.05) is 7.11 Å². The normalized spacial score (nSPS) is 14.1. The topological polar surface area (TPSA) is 38.3 Å². The van der Waals surface area contributed by atoms with Gasteiger partial charge in [-0.15, -0.1) is 0 Å². The van der Waals surface area contributed by atoms with Crippen molar-refractivity contribution in [3.8, 4) is 0 Å². The number of hydrogen-bond donors (Lipinski definition) is 1. The highest BCUT2D eigenvalue weighted by Crippen LogP contribution is 2.17. The van der Waals surface area contributed by atoms with Gasteiger partial charge in [0.2, 0.25) is 0 Å². The maximum Gasteiger partial charge on any atom is 0.252 e. The number of amides is 1. The molecule has 0 saturated heterocycles.